The van der Waals surface area contributed by atoms with Crippen molar-refractivity contribution in [3.8, 4) is 5.75 Å². The van der Waals surface area contributed by atoms with Crippen LogP contribution in [0.3, 0.4) is 0 Å². The van der Waals surface area contributed by atoms with Crippen LogP contribution < -0.4 is 9.64 Å². The van der Waals surface area contributed by atoms with Crippen molar-refractivity contribution in [1.82, 2.24) is 4.90 Å². The maximum Gasteiger partial charge on any atom is 0.230 e. The first-order valence-electron chi connectivity index (χ1n) is 11.8. The Bertz CT molecular complexity index is 922. The fourth-order valence-corrected chi connectivity index (χ4v) is 5.65. The van der Waals surface area contributed by atoms with Crippen LogP contribution in [-0.2, 0) is 11.2 Å². The number of hydrogen-bond donors (Lipinski definition) is 0. The van der Waals surface area contributed by atoms with E-state index in [1.165, 1.54) is 36.8 Å². The molecular formula is C27H35ClN2O2. The predicted molar refractivity (Wildman–Crippen MR) is 132 cm³/mol. The van der Waals surface area contributed by atoms with Gasteiger partial charge in [0.25, 0.3) is 0 Å². The van der Waals surface area contributed by atoms with Gasteiger partial charge in [-0.2, -0.15) is 0 Å². The van der Waals surface area contributed by atoms with Crippen molar-refractivity contribution in [2.24, 2.45) is 11.8 Å². The zero-order valence-corrected chi connectivity index (χ0v) is 20.3. The molecule has 0 radical (unpaired) electrons. The minimum atomic E-state index is -0.0279. The summed E-state index contributed by atoms with van der Waals surface area (Å²) < 4.78 is 5.38. The molecule has 172 valence electrons. The zero-order chi connectivity index (χ0) is 22.7. The van der Waals surface area contributed by atoms with Crippen LogP contribution in [0.2, 0.25) is 5.02 Å². The van der Waals surface area contributed by atoms with E-state index < -0.39 is 0 Å². The van der Waals surface area contributed by atoms with Gasteiger partial charge in [0.2, 0.25) is 5.91 Å². The summed E-state index contributed by atoms with van der Waals surface area (Å²) >= 11 is 6.42. The Labute approximate surface area is 197 Å². The highest BCUT2D eigenvalue weighted by Crippen LogP contribution is 2.43. The van der Waals surface area contributed by atoms with Crippen molar-refractivity contribution in [2.75, 3.05) is 39.2 Å². The van der Waals surface area contributed by atoms with Gasteiger partial charge in [0.05, 0.1) is 7.11 Å². The third-order valence-corrected chi connectivity index (χ3v) is 7.45. The first kappa shape index (κ1) is 23.1. The lowest BCUT2D eigenvalue weighted by Gasteiger charge is -2.31. The van der Waals surface area contributed by atoms with Crippen LogP contribution in [-0.4, -0.2) is 45.1 Å². The molecule has 2 aliphatic rings. The summed E-state index contributed by atoms with van der Waals surface area (Å²) in [6.07, 6.45) is 6.86. The second-order valence-corrected chi connectivity index (χ2v) is 10.1. The smallest absolute Gasteiger partial charge is 0.230 e. The molecule has 1 heterocycles. The number of hydrogen-bond acceptors (Lipinski definition) is 3. The lowest BCUT2D eigenvalue weighted by atomic mass is 9.77. The average molecular weight is 455 g/mol. The van der Waals surface area contributed by atoms with Gasteiger partial charge in [-0.3, -0.25) is 4.79 Å². The minimum Gasteiger partial charge on any atom is -0.497 e. The molecule has 1 fully saturated rings. The largest absolute Gasteiger partial charge is 0.497 e. The summed E-state index contributed by atoms with van der Waals surface area (Å²) in [5, 5.41) is 0.728. The van der Waals surface area contributed by atoms with Crippen LogP contribution in [0.15, 0.2) is 42.5 Å². The van der Waals surface area contributed by atoms with E-state index in [1.807, 2.05) is 29.2 Å². The fraction of sp³-hybridized carbons (Fsp3) is 0.519. The van der Waals surface area contributed by atoms with Gasteiger partial charge >= 0.3 is 0 Å². The third-order valence-electron chi connectivity index (χ3n) is 7.22. The quantitative estimate of drug-likeness (QED) is 0.531. The Morgan fingerprint density at radius 2 is 1.81 bits per heavy atom. The highest BCUT2D eigenvalue weighted by Gasteiger charge is 2.39. The summed E-state index contributed by atoms with van der Waals surface area (Å²) in [5.41, 5.74) is 3.40. The molecule has 2 unspecified atom stereocenters. The van der Waals surface area contributed by atoms with Crippen LogP contribution in [0.1, 0.15) is 49.1 Å². The van der Waals surface area contributed by atoms with Gasteiger partial charge < -0.3 is 14.5 Å². The molecule has 0 aromatic heterocycles. The summed E-state index contributed by atoms with van der Waals surface area (Å²) in [6.45, 7) is 1.52. The number of benzene rings is 2. The van der Waals surface area contributed by atoms with Gasteiger partial charge in [0, 0.05) is 29.7 Å². The number of halogens is 1. The van der Waals surface area contributed by atoms with E-state index in [1.54, 1.807) is 7.11 Å². The van der Waals surface area contributed by atoms with Gasteiger partial charge in [-0.1, -0.05) is 49.4 Å². The molecular weight excluding hydrogens is 420 g/mol. The van der Waals surface area contributed by atoms with Crippen molar-refractivity contribution in [3.05, 3.63) is 58.6 Å². The first-order valence-corrected chi connectivity index (χ1v) is 12.2. The molecule has 4 rings (SSSR count). The summed E-state index contributed by atoms with van der Waals surface area (Å²) in [4.78, 5) is 18.3. The normalized spacial score (nSPS) is 21.7. The number of amides is 1. The molecule has 2 aromatic rings. The van der Waals surface area contributed by atoms with E-state index >= 15 is 0 Å². The highest BCUT2D eigenvalue weighted by atomic mass is 35.5. The van der Waals surface area contributed by atoms with E-state index in [2.05, 4.69) is 37.2 Å². The van der Waals surface area contributed by atoms with Crippen molar-refractivity contribution < 1.29 is 9.53 Å². The van der Waals surface area contributed by atoms with E-state index in [0.29, 0.717) is 12.5 Å². The molecule has 0 saturated heterocycles. The van der Waals surface area contributed by atoms with Gasteiger partial charge in [-0.05, 0) is 80.2 Å². The average Bonchev–Trinajstić information content (AvgIpc) is 3.27. The number of carbonyl (C=O) groups excluding carboxylic acids is 1. The monoisotopic (exact) mass is 454 g/mol. The number of rotatable bonds is 7. The third kappa shape index (κ3) is 5.13. The van der Waals surface area contributed by atoms with Gasteiger partial charge in [-0.25, -0.2) is 0 Å². The van der Waals surface area contributed by atoms with E-state index in [-0.39, 0.29) is 17.7 Å². The fourth-order valence-electron chi connectivity index (χ4n) is 5.45. The Morgan fingerprint density at radius 1 is 1.09 bits per heavy atom. The Morgan fingerprint density at radius 3 is 2.47 bits per heavy atom. The minimum absolute atomic E-state index is 0.0279. The van der Waals surface area contributed by atoms with Crippen LogP contribution in [0.4, 0.5) is 5.69 Å². The Balaban J connectivity index is 1.76. The van der Waals surface area contributed by atoms with E-state index in [0.717, 1.165) is 35.8 Å². The summed E-state index contributed by atoms with van der Waals surface area (Å²) in [5.74, 6) is 1.86. The topological polar surface area (TPSA) is 32.8 Å². The number of fused-ring (bicyclic) bond motifs is 1. The zero-order valence-electron chi connectivity index (χ0n) is 19.5. The van der Waals surface area contributed by atoms with Crippen molar-refractivity contribution in [3.63, 3.8) is 0 Å². The van der Waals surface area contributed by atoms with Gasteiger partial charge in [0.1, 0.15) is 5.75 Å². The number of methoxy groups -OCH3 is 1. The van der Waals surface area contributed by atoms with Crippen molar-refractivity contribution in [1.29, 1.82) is 0 Å². The van der Waals surface area contributed by atoms with E-state index in [4.69, 9.17) is 16.3 Å². The SMILES string of the molecule is COc1ccc(C2Cc3cc(Cl)ccc3N(CCN(C)C)C(=O)C2CC2CCCC2)cc1. The lowest BCUT2D eigenvalue weighted by Crippen LogP contribution is -2.41. The molecule has 1 amide bonds. The molecule has 0 N–H and O–H groups in total. The molecule has 32 heavy (non-hydrogen) atoms. The Kier molecular flexibility index (Phi) is 7.42. The summed E-state index contributed by atoms with van der Waals surface area (Å²) in [7, 11) is 5.80. The summed E-state index contributed by atoms with van der Waals surface area (Å²) in [6, 6.07) is 14.3. The first-order chi connectivity index (χ1) is 15.5. The van der Waals surface area contributed by atoms with E-state index in [9.17, 15) is 4.79 Å². The van der Waals surface area contributed by atoms with Crippen molar-refractivity contribution >= 4 is 23.2 Å². The second-order valence-electron chi connectivity index (χ2n) is 9.64. The number of anilines is 1. The molecule has 0 bridgehead atoms. The number of ether oxygens (including phenoxy) is 1. The maximum absolute atomic E-state index is 14.2. The Hall–Kier alpha value is -2.04. The molecule has 1 aliphatic heterocycles. The van der Waals surface area contributed by atoms with Crippen LogP contribution in [0.25, 0.3) is 0 Å². The molecule has 2 atom stereocenters. The van der Waals surface area contributed by atoms with Gasteiger partial charge in [0.15, 0.2) is 0 Å². The molecule has 5 heteroatoms. The second kappa shape index (κ2) is 10.3. The molecule has 2 aromatic carbocycles. The number of nitrogens with zero attached hydrogens (tertiary/aromatic N) is 2. The number of carbonyl (C=O) groups is 1. The molecule has 1 saturated carbocycles. The van der Waals surface area contributed by atoms with Gasteiger partial charge in [-0.15, -0.1) is 0 Å². The van der Waals surface area contributed by atoms with Crippen LogP contribution in [0.5, 0.6) is 5.75 Å². The van der Waals surface area contributed by atoms with Crippen LogP contribution in [0, 0.1) is 11.8 Å². The van der Waals surface area contributed by atoms with Crippen molar-refractivity contribution in [2.45, 2.75) is 44.4 Å². The molecule has 0 spiro atoms. The number of likely N-dealkylation sites (N-methyl/N-ethyl adjacent to an activating group) is 1. The standard InChI is InChI=1S/C27H35ClN2O2/c1-29(2)14-15-30-26-13-10-22(28)17-21(26)18-24(20-8-11-23(32-3)12-9-20)25(27(30)31)16-19-6-4-5-7-19/h8-13,17,19,24-25H,4-7,14-16,18H2,1-3H3. The lowest BCUT2D eigenvalue weighted by molar-refractivity contribution is -0.123. The highest BCUT2D eigenvalue weighted by molar-refractivity contribution is 6.30. The molecule has 1 aliphatic carbocycles. The maximum atomic E-state index is 14.2. The van der Waals surface area contributed by atoms with Crippen LogP contribution >= 0.6 is 11.6 Å². The molecule has 4 nitrogen and oxygen atoms in total. The predicted octanol–water partition coefficient (Wildman–Crippen LogP) is 5.78.